The standard InChI is InChI=1S/C16H34O/c1-6-9-12-16(13-10-7-2,14-11-8-3)15(4)17-5/h15H,6-14H2,1-5H3. The average Bonchev–Trinajstić information content (AvgIpc) is 2.37. The highest BCUT2D eigenvalue weighted by Gasteiger charge is 2.34. The van der Waals surface area contributed by atoms with E-state index in [4.69, 9.17) is 4.74 Å². The molecule has 0 aromatic carbocycles. The van der Waals surface area contributed by atoms with Gasteiger partial charge in [-0.3, -0.25) is 0 Å². The summed E-state index contributed by atoms with van der Waals surface area (Å²) in [5.74, 6) is 0. The minimum absolute atomic E-state index is 0.409. The smallest absolute Gasteiger partial charge is 0.0599 e. The predicted molar refractivity (Wildman–Crippen MR) is 77.5 cm³/mol. The number of hydrogen-bond acceptors (Lipinski definition) is 1. The lowest BCUT2D eigenvalue weighted by Gasteiger charge is -2.39. The fourth-order valence-corrected chi connectivity index (χ4v) is 2.82. The monoisotopic (exact) mass is 242 g/mol. The summed E-state index contributed by atoms with van der Waals surface area (Å²) in [6.07, 6.45) is 12.4. The lowest BCUT2D eigenvalue weighted by atomic mass is 9.70. The van der Waals surface area contributed by atoms with Crippen molar-refractivity contribution in [2.24, 2.45) is 5.41 Å². The molecule has 1 unspecified atom stereocenters. The van der Waals surface area contributed by atoms with Crippen LogP contribution in [0.5, 0.6) is 0 Å². The van der Waals surface area contributed by atoms with Crippen molar-refractivity contribution in [2.75, 3.05) is 7.11 Å². The van der Waals surface area contributed by atoms with E-state index in [0.717, 1.165) is 0 Å². The molecular formula is C16H34O. The van der Waals surface area contributed by atoms with Gasteiger partial charge in [-0.15, -0.1) is 0 Å². The van der Waals surface area contributed by atoms with Gasteiger partial charge in [0.2, 0.25) is 0 Å². The molecule has 0 heterocycles. The zero-order valence-electron chi connectivity index (χ0n) is 12.8. The van der Waals surface area contributed by atoms with Crippen molar-refractivity contribution in [2.45, 2.75) is 91.6 Å². The maximum absolute atomic E-state index is 5.71. The maximum Gasteiger partial charge on any atom is 0.0599 e. The van der Waals surface area contributed by atoms with Crippen molar-refractivity contribution in [3.63, 3.8) is 0 Å². The van der Waals surface area contributed by atoms with Crippen LogP contribution in [0.3, 0.4) is 0 Å². The molecule has 0 aromatic heterocycles. The Kier molecular flexibility index (Phi) is 9.91. The molecule has 0 amide bonds. The Morgan fingerprint density at radius 3 is 1.41 bits per heavy atom. The summed E-state index contributed by atoms with van der Waals surface area (Å²) in [5, 5.41) is 0. The fourth-order valence-electron chi connectivity index (χ4n) is 2.82. The van der Waals surface area contributed by atoms with E-state index in [-0.39, 0.29) is 0 Å². The fraction of sp³-hybridized carbons (Fsp3) is 1.00. The van der Waals surface area contributed by atoms with E-state index in [0.29, 0.717) is 11.5 Å². The van der Waals surface area contributed by atoms with Gasteiger partial charge in [-0.05, 0) is 31.6 Å². The molecule has 104 valence electrons. The Morgan fingerprint density at radius 1 is 0.824 bits per heavy atom. The van der Waals surface area contributed by atoms with E-state index in [1.807, 2.05) is 7.11 Å². The number of hydrogen-bond donors (Lipinski definition) is 0. The van der Waals surface area contributed by atoms with Gasteiger partial charge >= 0.3 is 0 Å². The van der Waals surface area contributed by atoms with Crippen molar-refractivity contribution >= 4 is 0 Å². The maximum atomic E-state index is 5.71. The first-order valence-electron chi connectivity index (χ1n) is 7.69. The van der Waals surface area contributed by atoms with Crippen LogP contribution in [0.4, 0.5) is 0 Å². The number of unbranched alkanes of at least 4 members (excludes halogenated alkanes) is 3. The quantitative estimate of drug-likeness (QED) is 0.459. The van der Waals surface area contributed by atoms with E-state index in [9.17, 15) is 0 Å². The van der Waals surface area contributed by atoms with Crippen LogP contribution in [0.25, 0.3) is 0 Å². The number of ether oxygens (including phenoxy) is 1. The zero-order valence-corrected chi connectivity index (χ0v) is 12.8. The van der Waals surface area contributed by atoms with Gasteiger partial charge in [-0.1, -0.05) is 59.3 Å². The molecule has 0 aromatic rings. The van der Waals surface area contributed by atoms with Crippen molar-refractivity contribution in [3.8, 4) is 0 Å². The number of rotatable bonds is 11. The first-order valence-corrected chi connectivity index (χ1v) is 7.69. The summed E-state index contributed by atoms with van der Waals surface area (Å²) in [6.45, 7) is 9.16. The van der Waals surface area contributed by atoms with Crippen LogP contribution in [-0.4, -0.2) is 13.2 Å². The molecule has 0 radical (unpaired) electrons. The van der Waals surface area contributed by atoms with Crippen LogP contribution in [0.15, 0.2) is 0 Å². The predicted octanol–water partition coefficient (Wildman–Crippen LogP) is 5.58. The van der Waals surface area contributed by atoms with Gasteiger partial charge in [0, 0.05) is 7.11 Å². The van der Waals surface area contributed by atoms with Gasteiger partial charge in [0.1, 0.15) is 0 Å². The first kappa shape index (κ1) is 17.0. The van der Waals surface area contributed by atoms with Gasteiger partial charge in [0.15, 0.2) is 0 Å². The molecule has 0 aliphatic carbocycles. The van der Waals surface area contributed by atoms with Gasteiger partial charge in [-0.2, -0.15) is 0 Å². The van der Waals surface area contributed by atoms with Crippen LogP contribution in [0.2, 0.25) is 0 Å². The second-order valence-electron chi connectivity index (χ2n) is 5.55. The lowest BCUT2D eigenvalue weighted by Crippen LogP contribution is -2.35. The molecular weight excluding hydrogens is 208 g/mol. The van der Waals surface area contributed by atoms with Gasteiger partial charge in [0.25, 0.3) is 0 Å². The lowest BCUT2D eigenvalue weighted by molar-refractivity contribution is -0.0208. The Hall–Kier alpha value is -0.0400. The molecule has 0 rings (SSSR count). The van der Waals surface area contributed by atoms with Crippen LogP contribution in [-0.2, 0) is 4.74 Å². The first-order chi connectivity index (χ1) is 8.16. The molecule has 0 saturated carbocycles. The van der Waals surface area contributed by atoms with E-state index >= 15 is 0 Å². The van der Waals surface area contributed by atoms with Crippen LogP contribution in [0.1, 0.15) is 85.5 Å². The molecule has 0 N–H and O–H groups in total. The van der Waals surface area contributed by atoms with E-state index in [1.54, 1.807) is 0 Å². The molecule has 0 spiro atoms. The van der Waals surface area contributed by atoms with Gasteiger partial charge in [-0.25, -0.2) is 0 Å². The highest BCUT2D eigenvalue weighted by atomic mass is 16.5. The highest BCUT2D eigenvalue weighted by molar-refractivity contribution is 4.85. The molecule has 0 aliphatic rings. The van der Waals surface area contributed by atoms with Crippen molar-refractivity contribution < 1.29 is 4.74 Å². The normalized spacial score (nSPS) is 13.9. The van der Waals surface area contributed by atoms with E-state index in [1.165, 1.54) is 57.8 Å². The Labute approximate surface area is 109 Å². The zero-order chi connectivity index (χ0) is 13.1. The summed E-state index contributed by atoms with van der Waals surface area (Å²) in [5.41, 5.74) is 0.441. The highest BCUT2D eigenvalue weighted by Crippen LogP contribution is 2.41. The molecule has 1 atom stereocenters. The summed E-state index contributed by atoms with van der Waals surface area (Å²) in [6, 6.07) is 0. The Morgan fingerprint density at radius 2 is 1.18 bits per heavy atom. The van der Waals surface area contributed by atoms with Crippen LogP contribution >= 0.6 is 0 Å². The van der Waals surface area contributed by atoms with Crippen molar-refractivity contribution in [1.29, 1.82) is 0 Å². The third kappa shape index (κ3) is 5.90. The summed E-state index contributed by atoms with van der Waals surface area (Å²) >= 11 is 0. The molecule has 17 heavy (non-hydrogen) atoms. The van der Waals surface area contributed by atoms with Crippen molar-refractivity contribution in [3.05, 3.63) is 0 Å². The topological polar surface area (TPSA) is 9.23 Å². The number of methoxy groups -OCH3 is 1. The molecule has 0 saturated heterocycles. The molecule has 0 fully saturated rings. The molecule has 0 bridgehead atoms. The van der Waals surface area contributed by atoms with Crippen molar-refractivity contribution in [1.82, 2.24) is 0 Å². The largest absolute Gasteiger partial charge is 0.381 e. The average molecular weight is 242 g/mol. The SMILES string of the molecule is CCCCC(CCCC)(CCCC)C(C)OC. The Balaban J connectivity index is 4.63. The summed E-state index contributed by atoms with van der Waals surface area (Å²) in [7, 11) is 1.88. The molecule has 0 aliphatic heterocycles. The third-order valence-electron chi connectivity index (χ3n) is 4.30. The molecule has 1 heteroatoms. The van der Waals surface area contributed by atoms with Crippen LogP contribution in [0, 0.1) is 5.41 Å². The third-order valence-corrected chi connectivity index (χ3v) is 4.30. The second kappa shape index (κ2) is 9.94. The van der Waals surface area contributed by atoms with E-state index in [2.05, 4.69) is 27.7 Å². The van der Waals surface area contributed by atoms with E-state index < -0.39 is 0 Å². The molecule has 1 nitrogen and oxygen atoms in total. The van der Waals surface area contributed by atoms with Gasteiger partial charge in [0.05, 0.1) is 6.10 Å². The summed E-state index contributed by atoms with van der Waals surface area (Å²) in [4.78, 5) is 0. The van der Waals surface area contributed by atoms with Gasteiger partial charge < -0.3 is 4.74 Å². The Bertz CT molecular complexity index is 143. The van der Waals surface area contributed by atoms with Crippen LogP contribution < -0.4 is 0 Å². The summed E-state index contributed by atoms with van der Waals surface area (Å²) < 4.78 is 5.71. The second-order valence-corrected chi connectivity index (χ2v) is 5.55. The minimum atomic E-state index is 0.409. The minimum Gasteiger partial charge on any atom is -0.381 e.